The summed E-state index contributed by atoms with van der Waals surface area (Å²) in [5, 5.41) is 8.48. The molecular weight excluding hydrogens is 404 g/mol. The highest BCUT2D eigenvalue weighted by Crippen LogP contribution is 2.21. The molecular formula is C26H26N2O4. The maximum absolute atomic E-state index is 5.64. The molecule has 3 aromatic carbocycles. The predicted octanol–water partition coefficient (Wildman–Crippen LogP) is 5.55. The van der Waals surface area contributed by atoms with Crippen molar-refractivity contribution in [3.63, 3.8) is 0 Å². The Hall–Kier alpha value is -3.66. The number of rotatable bonds is 10. The Labute approximate surface area is 188 Å². The highest BCUT2D eigenvalue weighted by molar-refractivity contribution is 5.48. The lowest BCUT2D eigenvalue weighted by molar-refractivity contribution is 0.0544. The summed E-state index contributed by atoms with van der Waals surface area (Å²) in [4.78, 5) is 0. The average Bonchev–Trinajstić information content (AvgIpc) is 2.85. The van der Waals surface area contributed by atoms with E-state index in [-0.39, 0.29) is 0 Å². The second kappa shape index (κ2) is 12.9. The number of hydrogen-bond donors (Lipinski definition) is 0. The topological polar surface area (TPSA) is 61.6 Å². The van der Waals surface area contributed by atoms with Gasteiger partial charge in [-0.2, -0.15) is 10.2 Å². The number of azo groups is 1. The molecule has 0 radical (unpaired) electrons. The van der Waals surface area contributed by atoms with Gasteiger partial charge in [-0.3, -0.25) is 0 Å². The van der Waals surface area contributed by atoms with E-state index < -0.39 is 0 Å². The van der Waals surface area contributed by atoms with Crippen molar-refractivity contribution in [1.29, 1.82) is 0 Å². The molecule has 0 aliphatic heterocycles. The van der Waals surface area contributed by atoms with Gasteiger partial charge in [0.05, 0.1) is 38.3 Å². The van der Waals surface area contributed by atoms with Gasteiger partial charge in [0.1, 0.15) is 18.1 Å². The zero-order valence-corrected chi connectivity index (χ0v) is 18.3. The third-order valence-electron chi connectivity index (χ3n) is 4.35. The maximum atomic E-state index is 5.64. The monoisotopic (exact) mass is 430 g/mol. The third-order valence-corrected chi connectivity index (χ3v) is 4.35. The molecule has 0 bridgehead atoms. The molecule has 0 aromatic heterocycles. The molecule has 0 saturated carbocycles. The van der Waals surface area contributed by atoms with Gasteiger partial charge in [-0.05, 0) is 72.8 Å². The highest BCUT2D eigenvalue weighted by Gasteiger charge is 1.96. The molecule has 0 N–H and O–H groups in total. The van der Waals surface area contributed by atoms with E-state index in [9.17, 15) is 0 Å². The van der Waals surface area contributed by atoms with Gasteiger partial charge in [0.25, 0.3) is 0 Å². The van der Waals surface area contributed by atoms with Crippen LogP contribution < -0.4 is 9.47 Å². The Morgan fingerprint density at radius 3 is 1.66 bits per heavy atom. The molecule has 164 valence electrons. The first-order valence-corrected chi connectivity index (χ1v) is 10.2. The highest BCUT2D eigenvalue weighted by atomic mass is 16.5. The lowest BCUT2D eigenvalue weighted by Crippen LogP contribution is -2.09. The molecule has 0 atom stereocenters. The Morgan fingerprint density at radius 1 is 0.594 bits per heavy atom. The Kier molecular flexibility index (Phi) is 9.28. The SMILES string of the molecule is COCCOCCOc1ccc(C#Cc2ccc(/N=N/c3ccc(OC)cc3)cc2)cc1. The van der Waals surface area contributed by atoms with E-state index in [1.54, 1.807) is 14.2 Å². The van der Waals surface area contributed by atoms with Gasteiger partial charge in [-0.15, -0.1) is 0 Å². The minimum Gasteiger partial charge on any atom is -0.497 e. The van der Waals surface area contributed by atoms with Crippen molar-refractivity contribution in [3.8, 4) is 23.3 Å². The standard InChI is InChI=1S/C26H26N2O4/c1-29-17-18-31-19-20-32-26-13-7-22(8-14-26)4-3-21-5-9-23(10-6-21)27-28-24-11-15-25(30-2)16-12-24/h5-16H,17-20H2,1-2H3/b28-27+. The van der Waals surface area contributed by atoms with Crippen LogP contribution in [-0.2, 0) is 9.47 Å². The number of nitrogens with zero attached hydrogens (tertiary/aromatic N) is 2. The normalized spacial score (nSPS) is 10.6. The summed E-state index contributed by atoms with van der Waals surface area (Å²) in [6, 6.07) is 22.7. The Morgan fingerprint density at radius 2 is 1.09 bits per heavy atom. The van der Waals surface area contributed by atoms with Crippen LogP contribution in [0.3, 0.4) is 0 Å². The number of benzene rings is 3. The minimum atomic E-state index is 0.497. The summed E-state index contributed by atoms with van der Waals surface area (Å²) >= 11 is 0. The molecule has 0 spiro atoms. The molecule has 0 aliphatic carbocycles. The van der Waals surface area contributed by atoms with Crippen LogP contribution in [0, 0.1) is 11.8 Å². The molecule has 0 heterocycles. The van der Waals surface area contributed by atoms with Crippen molar-refractivity contribution in [2.45, 2.75) is 0 Å². The number of ether oxygens (including phenoxy) is 4. The summed E-state index contributed by atoms with van der Waals surface area (Å²) in [5.41, 5.74) is 3.35. The fourth-order valence-electron chi connectivity index (χ4n) is 2.62. The molecule has 0 aliphatic rings. The summed E-state index contributed by atoms with van der Waals surface area (Å²) < 4.78 is 21.1. The van der Waals surface area contributed by atoms with Crippen LogP contribution in [0.15, 0.2) is 83.0 Å². The lowest BCUT2D eigenvalue weighted by atomic mass is 10.1. The molecule has 0 saturated heterocycles. The second-order valence-corrected chi connectivity index (χ2v) is 6.67. The van der Waals surface area contributed by atoms with Crippen molar-refractivity contribution in [2.24, 2.45) is 10.2 Å². The fraction of sp³-hybridized carbons (Fsp3) is 0.231. The van der Waals surface area contributed by atoms with Crippen molar-refractivity contribution in [3.05, 3.63) is 83.9 Å². The maximum Gasteiger partial charge on any atom is 0.119 e. The van der Waals surface area contributed by atoms with Gasteiger partial charge in [0.2, 0.25) is 0 Å². The predicted molar refractivity (Wildman–Crippen MR) is 124 cm³/mol. The fourth-order valence-corrected chi connectivity index (χ4v) is 2.62. The van der Waals surface area contributed by atoms with E-state index in [1.807, 2.05) is 72.8 Å². The van der Waals surface area contributed by atoms with E-state index in [4.69, 9.17) is 18.9 Å². The van der Waals surface area contributed by atoms with Crippen LogP contribution in [0.4, 0.5) is 11.4 Å². The Bertz CT molecular complexity index is 1030. The van der Waals surface area contributed by atoms with Crippen LogP contribution in [0.1, 0.15) is 11.1 Å². The first-order valence-electron chi connectivity index (χ1n) is 10.2. The first kappa shape index (κ1) is 23.0. The van der Waals surface area contributed by atoms with Gasteiger partial charge in [0.15, 0.2) is 0 Å². The van der Waals surface area contributed by atoms with E-state index in [0.29, 0.717) is 26.4 Å². The molecule has 6 nitrogen and oxygen atoms in total. The van der Waals surface area contributed by atoms with Gasteiger partial charge >= 0.3 is 0 Å². The molecule has 0 amide bonds. The molecule has 3 rings (SSSR count). The lowest BCUT2D eigenvalue weighted by Gasteiger charge is -2.06. The van der Waals surface area contributed by atoms with Gasteiger partial charge < -0.3 is 18.9 Å². The van der Waals surface area contributed by atoms with Crippen LogP contribution in [-0.4, -0.2) is 40.6 Å². The molecule has 6 heteroatoms. The average molecular weight is 431 g/mol. The quantitative estimate of drug-likeness (QED) is 0.240. The smallest absolute Gasteiger partial charge is 0.119 e. The van der Waals surface area contributed by atoms with Crippen LogP contribution >= 0.6 is 0 Å². The van der Waals surface area contributed by atoms with E-state index >= 15 is 0 Å². The summed E-state index contributed by atoms with van der Waals surface area (Å²) in [5.74, 6) is 7.89. The van der Waals surface area contributed by atoms with Crippen molar-refractivity contribution >= 4 is 11.4 Å². The molecule has 32 heavy (non-hydrogen) atoms. The van der Waals surface area contributed by atoms with Crippen molar-refractivity contribution < 1.29 is 18.9 Å². The molecule has 3 aromatic rings. The van der Waals surface area contributed by atoms with Crippen LogP contribution in [0.25, 0.3) is 0 Å². The largest absolute Gasteiger partial charge is 0.497 e. The third kappa shape index (κ3) is 7.88. The summed E-state index contributed by atoms with van der Waals surface area (Å²) in [6.07, 6.45) is 0. The van der Waals surface area contributed by atoms with Gasteiger partial charge in [0, 0.05) is 18.2 Å². The minimum absolute atomic E-state index is 0.497. The van der Waals surface area contributed by atoms with E-state index in [0.717, 1.165) is 34.0 Å². The summed E-state index contributed by atoms with van der Waals surface area (Å²) in [6.45, 7) is 2.18. The zero-order chi connectivity index (χ0) is 22.4. The van der Waals surface area contributed by atoms with Gasteiger partial charge in [-0.1, -0.05) is 11.8 Å². The second-order valence-electron chi connectivity index (χ2n) is 6.67. The van der Waals surface area contributed by atoms with Crippen LogP contribution in [0.2, 0.25) is 0 Å². The number of hydrogen-bond acceptors (Lipinski definition) is 6. The van der Waals surface area contributed by atoms with Gasteiger partial charge in [-0.25, -0.2) is 0 Å². The Balaban J connectivity index is 1.49. The zero-order valence-electron chi connectivity index (χ0n) is 18.3. The van der Waals surface area contributed by atoms with E-state index in [1.165, 1.54) is 0 Å². The number of methoxy groups -OCH3 is 2. The van der Waals surface area contributed by atoms with Crippen molar-refractivity contribution in [2.75, 3.05) is 40.6 Å². The first-order chi connectivity index (χ1) is 15.8. The van der Waals surface area contributed by atoms with Crippen LogP contribution in [0.5, 0.6) is 11.5 Å². The molecule has 0 fully saturated rings. The molecule has 0 unspecified atom stereocenters. The van der Waals surface area contributed by atoms with Crippen molar-refractivity contribution in [1.82, 2.24) is 0 Å². The van der Waals surface area contributed by atoms with E-state index in [2.05, 4.69) is 22.1 Å². The summed E-state index contributed by atoms with van der Waals surface area (Å²) in [7, 11) is 3.28.